The highest BCUT2D eigenvalue weighted by molar-refractivity contribution is 5.46. The summed E-state index contributed by atoms with van der Waals surface area (Å²) in [6, 6.07) is 8.44. The first-order valence-corrected chi connectivity index (χ1v) is 5.62. The number of halogens is 3. The molecule has 0 aromatic heterocycles. The van der Waals surface area contributed by atoms with Crippen LogP contribution in [-0.2, 0) is 6.54 Å². The summed E-state index contributed by atoms with van der Waals surface area (Å²) in [5.74, 6) is -2.34. The van der Waals surface area contributed by atoms with E-state index in [1.54, 1.807) is 12.1 Å². The minimum atomic E-state index is -0.981. The fourth-order valence-corrected chi connectivity index (χ4v) is 1.68. The zero-order valence-corrected chi connectivity index (χ0v) is 10.2. The SMILES string of the molecule is COc1cccc(CNc2cccc(F)c2F)c1F. The molecule has 0 aliphatic rings. The first kappa shape index (κ1) is 13.3. The summed E-state index contributed by atoms with van der Waals surface area (Å²) in [7, 11) is 1.36. The zero-order chi connectivity index (χ0) is 13.8. The lowest BCUT2D eigenvalue weighted by Crippen LogP contribution is -2.05. The van der Waals surface area contributed by atoms with Gasteiger partial charge in [0.15, 0.2) is 23.2 Å². The summed E-state index contributed by atoms with van der Waals surface area (Å²) in [5, 5.41) is 2.65. The second-order valence-corrected chi connectivity index (χ2v) is 3.89. The Morgan fingerprint density at radius 2 is 1.74 bits per heavy atom. The molecule has 2 rings (SSSR count). The standard InChI is InChI=1S/C14H12F3NO/c1-19-12-7-2-4-9(13(12)16)8-18-11-6-3-5-10(15)14(11)17/h2-7,18H,8H2,1H3. The van der Waals surface area contributed by atoms with Crippen molar-refractivity contribution in [3.05, 3.63) is 59.4 Å². The van der Waals surface area contributed by atoms with Gasteiger partial charge in [-0.05, 0) is 18.2 Å². The quantitative estimate of drug-likeness (QED) is 0.911. The molecule has 1 N–H and O–H groups in total. The Balaban J connectivity index is 2.17. The van der Waals surface area contributed by atoms with Crippen LogP contribution in [0, 0.1) is 17.5 Å². The van der Waals surface area contributed by atoms with Crippen molar-refractivity contribution in [1.29, 1.82) is 0 Å². The number of methoxy groups -OCH3 is 1. The molecular weight excluding hydrogens is 255 g/mol. The van der Waals surface area contributed by atoms with Gasteiger partial charge in [-0.2, -0.15) is 0 Å². The van der Waals surface area contributed by atoms with Crippen LogP contribution >= 0.6 is 0 Å². The molecule has 2 aromatic rings. The molecule has 19 heavy (non-hydrogen) atoms. The van der Waals surface area contributed by atoms with E-state index < -0.39 is 17.5 Å². The van der Waals surface area contributed by atoms with Crippen LogP contribution < -0.4 is 10.1 Å². The lowest BCUT2D eigenvalue weighted by atomic mass is 10.2. The molecule has 2 aromatic carbocycles. The zero-order valence-electron chi connectivity index (χ0n) is 10.2. The van der Waals surface area contributed by atoms with E-state index in [0.29, 0.717) is 5.56 Å². The van der Waals surface area contributed by atoms with Gasteiger partial charge in [-0.3, -0.25) is 0 Å². The van der Waals surface area contributed by atoms with Crippen molar-refractivity contribution in [2.45, 2.75) is 6.54 Å². The molecule has 0 saturated heterocycles. The molecule has 5 heteroatoms. The smallest absolute Gasteiger partial charge is 0.181 e. The highest BCUT2D eigenvalue weighted by Gasteiger charge is 2.10. The number of rotatable bonds is 4. The Morgan fingerprint density at radius 3 is 2.47 bits per heavy atom. The van der Waals surface area contributed by atoms with Crippen LogP contribution in [0.5, 0.6) is 5.75 Å². The van der Waals surface area contributed by atoms with Gasteiger partial charge in [-0.25, -0.2) is 13.2 Å². The van der Waals surface area contributed by atoms with Crippen molar-refractivity contribution >= 4 is 5.69 Å². The van der Waals surface area contributed by atoms with E-state index in [-0.39, 0.29) is 18.0 Å². The van der Waals surface area contributed by atoms with Crippen molar-refractivity contribution in [3.63, 3.8) is 0 Å². The highest BCUT2D eigenvalue weighted by Crippen LogP contribution is 2.22. The van der Waals surface area contributed by atoms with Crippen molar-refractivity contribution in [1.82, 2.24) is 0 Å². The summed E-state index contributed by atoms with van der Waals surface area (Å²) in [6.45, 7) is 0.0312. The number of ether oxygens (including phenoxy) is 1. The van der Waals surface area contributed by atoms with Crippen molar-refractivity contribution in [2.75, 3.05) is 12.4 Å². The molecule has 0 radical (unpaired) electrons. The van der Waals surface area contributed by atoms with Crippen LogP contribution in [0.15, 0.2) is 36.4 Å². The summed E-state index contributed by atoms with van der Waals surface area (Å²) >= 11 is 0. The van der Waals surface area contributed by atoms with Gasteiger partial charge in [-0.1, -0.05) is 18.2 Å². The predicted octanol–water partition coefficient (Wildman–Crippen LogP) is 3.72. The number of benzene rings is 2. The van der Waals surface area contributed by atoms with Gasteiger partial charge < -0.3 is 10.1 Å². The molecule has 0 amide bonds. The van der Waals surface area contributed by atoms with Crippen LogP contribution in [0.4, 0.5) is 18.9 Å². The number of hydrogen-bond acceptors (Lipinski definition) is 2. The largest absolute Gasteiger partial charge is 0.494 e. The molecule has 100 valence electrons. The first-order chi connectivity index (χ1) is 9.13. The topological polar surface area (TPSA) is 21.3 Å². The fraction of sp³-hybridized carbons (Fsp3) is 0.143. The lowest BCUT2D eigenvalue weighted by Gasteiger charge is -2.10. The molecule has 0 heterocycles. The molecule has 0 saturated carbocycles. The van der Waals surface area contributed by atoms with Gasteiger partial charge in [-0.15, -0.1) is 0 Å². The Kier molecular flexibility index (Phi) is 3.94. The van der Waals surface area contributed by atoms with Crippen molar-refractivity contribution < 1.29 is 17.9 Å². The predicted molar refractivity (Wildman–Crippen MR) is 66.6 cm³/mol. The molecule has 0 aliphatic carbocycles. The van der Waals surface area contributed by atoms with Crippen molar-refractivity contribution in [3.8, 4) is 5.75 Å². The van der Waals surface area contributed by atoms with Crippen LogP contribution in [0.2, 0.25) is 0 Å². The number of hydrogen-bond donors (Lipinski definition) is 1. The maximum Gasteiger partial charge on any atom is 0.181 e. The molecule has 2 nitrogen and oxygen atoms in total. The fourth-order valence-electron chi connectivity index (χ4n) is 1.68. The summed E-state index contributed by atoms with van der Waals surface area (Å²) < 4.78 is 45.1. The molecule has 0 bridgehead atoms. The van der Waals surface area contributed by atoms with Crippen LogP contribution in [0.25, 0.3) is 0 Å². The van der Waals surface area contributed by atoms with Crippen LogP contribution in [-0.4, -0.2) is 7.11 Å². The highest BCUT2D eigenvalue weighted by atomic mass is 19.2. The van der Waals surface area contributed by atoms with E-state index in [2.05, 4.69) is 5.32 Å². The van der Waals surface area contributed by atoms with Gasteiger partial charge in [0.2, 0.25) is 0 Å². The summed E-state index contributed by atoms with van der Waals surface area (Å²) in [4.78, 5) is 0. The molecule has 0 unspecified atom stereocenters. The van der Waals surface area contributed by atoms with E-state index >= 15 is 0 Å². The number of nitrogens with one attached hydrogen (secondary N) is 1. The van der Waals surface area contributed by atoms with Gasteiger partial charge in [0, 0.05) is 12.1 Å². The minimum absolute atomic E-state index is 0.0118. The molecule has 0 atom stereocenters. The van der Waals surface area contributed by atoms with Gasteiger partial charge >= 0.3 is 0 Å². The summed E-state index contributed by atoms with van der Waals surface area (Å²) in [5.41, 5.74) is 0.297. The second kappa shape index (κ2) is 5.65. The Bertz CT molecular complexity index is 587. The van der Waals surface area contributed by atoms with E-state index in [9.17, 15) is 13.2 Å². The molecule has 0 aliphatic heterocycles. The van der Waals surface area contributed by atoms with E-state index in [1.165, 1.54) is 25.3 Å². The normalized spacial score (nSPS) is 10.3. The monoisotopic (exact) mass is 267 g/mol. The molecule has 0 spiro atoms. The van der Waals surface area contributed by atoms with Gasteiger partial charge in [0.05, 0.1) is 12.8 Å². The third-order valence-corrected chi connectivity index (χ3v) is 2.68. The van der Waals surface area contributed by atoms with Crippen LogP contribution in [0.1, 0.15) is 5.56 Å². The average Bonchev–Trinajstić information content (AvgIpc) is 2.42. The third kappa shape index (κ3) is 2.81. The van der Waals surface area contributed by atoms with E-state index in [1.807, 2.05) is 0 Å². The van der Waals surface area contributed by atoms with Crippen molar-refractivity contribution in [2.24, 2.45) is 0 Å². The maximum absolute atomic E-state index is 13.8. The molecular formula is C14H12F3NO. The second-order valence-electron chi connectivity index (χ2n) is 3.89. The maximum atomic E-state index is 13.8. The first-order valence-electron chi connectivity index (χ1n) is 5.62. The van der Waals surface area contributed by atoms with E-state index in [0.717, 1.165) is 6.07 Å². The van der Waals surface area contributed by atoms with Crippen LogP contribution in [0.3, 0.4) is 0 Å². The van der Waals surface area contributed by atoms with E-state index in [4.69, 9.17) is 4.74 Å². The molecule has 0 fully saturated rings. The Morgan fingerprint density at radius 1 is 1.00 bits per heavy atom. The Hall–Kier alpha value is -2.17. The van der Waals surface area contributed by atoms with Gasteiger partial charge in [0.1, 0.15) is 0 Å². The van der Waals surface area contributed by atoms with Gasteiger partial charge in [0.25, 0.3) is 0 Å². The minimum Gasteiger partial charge on any atom is -0.494 e. The Labute approximate surface area is 108 Å². The lowest BCUT2D eigenvalue weighted by molar-refractivity contribution is 0.384. The average molecular weight is 267 g/mol. The number of anilines is 1. The third-order valence-electron chi connectivity index (χ3n) is 2.68. The summed E-state index contributed by atoms with van der Waals surface area (Å²) in [6.07, 6.45) is 0.